The Bertz CT molecular complexity index is 622. The summed E-state index contributed by atoms with van der Waals surface area (Å²) >= 11 is 0. The fourth-order valence-corrected chi connectivity index (χ4v) is 3.78. The van der Waals surface area contributed by atoms with E-state index in [2.05, 4.69) is 5.32 Å². The summed E-state index contributed by atoms with van der Waals surface area (Å²) in [6.07, 6.45) is 3.78. The van der Waals surface area contributed by atoms with Crippen LogP contribution in [-0.2, 0) is 10.0 Å². The molecule has 1 aromatic carbocycles. The number of nitrogens with zero attached hydrogens (tertiary/aromatic N) is 1. The van der Waals surface area contributed by atoms with Gasteiger partial charge in [-0.05, 0) is 31.9 Å². The standard InChI is InChI=1S/C16H25FN2O3S/c1-3-19(23(2,20)21)10-5-9-18-15-6-4-11-22-16-12-13(17)7-8-14(15)16/h7-8,12,15,18H,3-6,9-11H2,1-2H3. The lowest BCUT2D eigenvalue weighted by molar-refractivity contribution is 0.313. The van der Waals surface area contributed by atoms with Crippen molar-refractivity contribution in [1.82, 2.24) is 9.62 Å². The van der Waals surface area contributed by atoms with Crippen LogP contribution < -0.4 is 10.1 Å². The Hall–Kier alpha value is -1.18. The molecule has 1 unspecified atom stereocenters. The van der Waals surface area contributed by atoms with Crippen LogP contribution in [0, 0.1) is 5.82 Å². The monoisotopic (exact) mass is 344 g/mol. The van der Waals surface area contributed by atoms with E-state index in [4.69, 9.17) is 4.74 Å². The summed E-state index contributed by atoms with van der Waals surface area (Å²) in [7, 11) is -3.14. The molecule has 0 bridgehead atoms. The number of rotatable bonds is 7. The van der Waals surface area contributed by atoms with Crippen molar-refractivity contribution >= 4 is 10.0 Å². The zero-order chi connectivity index (χ0) is 16.9. The van der Waals surface area contributed by atoms with Gasteiger partial charge in [-0.1, -0.05) is 13.0 Å². The minimum atomic E-state index is -3.14. The van der Waals surface area contributed by atoms with E-state index < -0.39 is 10.0 Å². The first-order valence-corrected chi connectivity index (χ1v) is 9.87. The predicted molar refractivity (Wildman–Crippen MR) is 88.6 cm³/mol. The molecule has 0 aliphatic carbocycles. The molecule has 0 fully saturated rings. The Kier molecular flexibility index (Phi) is 6.38. The van der Waals surface area contributed by atoms with Crippen molar-refractivity contribution in [1.29, 1.82) is 0 Å². The van der Waals surface area contributed by atoms with Crippen LogP contribution >= 0.6 is 0 Å². The van der Waals surface area contributed by atoms with Gasteiger partial charge in [-0.15, -0.1) is 0 Å². The molecule has 5 nitrogen and oxygen atoms in total. The Morgan fingerprint density at radius 3 is 2.91 bits per heavy atom. The third kappa shape index (κ3) is 5.16. The largest absolute Gasteiger partial charge is 0.493 e. The van der Waals surface area contributed by atoms with Crippen molar-refractivity contribution in [2.45, 2.75) is 32.2 Å². The molecule has 23 heavy (non-hydrogen) atoms. The van der Waals surface area contributed by atoms with Gasteiger partial charge >= 0.3 is 0 Å². The number of sulfonamides is 1. The zero-order valence-electron chi connectivity index (χ0n) is 13.7. The maximum Gasteiger partial charge on any atom is 0.211 e. The Morgan fingerprint density at radius 2 is 2.22 bits per heavy atom. The summed E-state index contributed by atoms with van der Waals surface area (Å²) in [5.41, 5.74) is 0.972. The topological polar surface area (TPSA) is 58.6 Å². The fraction of sp³-hybridized carbons (Fsp3) is 0.625. The Morgan fingerprint density at radius 1 is 1.43 bits per heavy atom. The van der Waals surface area contributed by atoms with E-state index in [1.165, 1.54) is 22.7 Å². The maximum atomic E-state index is 13.3. The number of fused-ring (bicyclic) bond motifs is 1. The van der Waals surface area contributed by atoms with E-state index in [0.717, 1.165) is 24.8 Å². The molecule has 1 N–H and O–H groups in total. The third-order valence-corrected chi connectivity index (χ3v) is 5.42. The highest BCUT2D eigenvalue weighted by molar-refractivity contribution is 7.88. The van der Waals surface area contributed by atoms with Crippen molar-refractivity contribution < 1.29 is 17.5 Å². The van der Waals surface area contributed by atoms with Crippen molar-refractivity contribution in [2.24, 2.45) is 0 Å². The summed E-state index contributed by atoms with van der Waals surface area (Å²) in [4.78, 5) is 0. The van der Waals surface area contributed by atoms with Crippen LogP contribution in [0.2, 0.25) is 0 Å². The molecule has 0 spiro atoms. The first-order valence-electron chi connectivity index (χ1n) is 8.02. The SMILES string of the molecule is CCN(CCCNC1CCCOc2cc(F)ccc21)S(C)(=O)=O. The Labute approximate surface area is 137 Å². The lowest BCUT2D eigenvalue weighted by Crippen LogP contribution is -2.33. The summed E-state index contributed by atoms with van der Waals surface area (Å²) in [6, 6.07) is 4.76. The van der Waals surface area contributed by atoms with Gasteiger partial charge in [-0.25, -0.2) is 17.1 Å². The normalized spacial score (nSPS) is 18.3. The van der Waals surface area contributed by atoms with Crippen LogP contribution in [0.25, 0.3) is 0 Å². The second kappa shape index (κ2) is 8.08. The van der Waals surface area contributed by atoms with E-state index in [1.807, 2.05) is 6.92 Å². The van der Waals surface area contributed by atoms with Gasteiger partial charge in [-0.3, -0.25) is 0 Å². The number of benzene rings is 1. The molecule has 1 atom stereocenters. The summed E-state index contributed by atoms with van der Waals surface area (Å²) in [5.74, 6) is 0.308. The smallest absolute Gasteiger partial charge is 0.211 e. The van der Waals surface area contributed by atoms with Gasteiger partial charge in [0.1, 0.15) is 11.6 Å². The molecule has 0 radical (unpaired) electrons. The molecule has 1 aliphatic rings. The second-order valence-electron chi connectivity index (χ2n) is 5.79. The second-order valence-corrected chi connectivity index (χ2v) is 7.77. The average Bonchev–Trinajstić information content (AvgIpc) is 2.67. The average molecular weight is 344 g/mol. The van der Waals surface area contributed by atoms with Gasteiger partial charge in [0.05, 0.1) is 12.9 Å². The number of ether oxygens (including phenoxy) is 1. The van der Waals surface area contributed by atoms with Gasteiger partial charge in [0, 0.05) is 30.8 Å². The van der Waals surface area contributed by atoms with E-state index in [1.54, 1.807) is 6.07 Å². The fourth-order valence-electron chi connectivity index (χ4n) is 2.85. The molecule has 1 aromatic rings. The molecular weight excluding hydrogens is 319 g/mol. The van der Waals surface area contributed by atoms with Crippen LogP contribution in [0.4, 0.5) is 4.39 Å². The van der Waals surface area contributed by atoms with Crippen LogP contribution in [0.5, 0.6) is 5.75 Å². The van der Waals surface area contributed by atoms with Gasteiger partial charge in [0.15, 0.2) is 0 Å². The van der Waals surface area contributed by atoms with Crippen LogP contribution in [0.1, 0.15) is 37.8 Å². The number of hydrogen-bond acceptors (Lipinski definition) is 4. The molecular formula is C16H25FN2O3S. The third-order valence-electron chi connectivity index (χ3n) is 4.04. The van der Waals surface area contributed by atoms with Crippen LogP contribution in [0.3, 0.4) is 0 Å². The molecule has 2 rings (SSSR count). The van der Waals surface area contributed by atoms with Crippen LogP contribution in [-0.4, -0.2) is 45.2 Å². The van der Waals surface area contributed by atoms with Crippen molar-refractivity contribution in [3.8, 4) is 5.75 Å². The summed E-state index contributed by atoms with van der Waals surface area (Å²) in [5, 5.41) is 3.44. The Balaban J connectivity index is 1.91. The van der Waals surface area contributed by atoms with E-state index >= 15 is 0 Å². The first-order chi connectivity index (χ1) is 10.9. The van der Waals surface area contributed by atoms with Gasteiger partial charge < -0.3 is 10.1 Å². The van der Waals surface area contributed by atoms with Gasteiger partial charge in [0.25, 0.3) is 0 Å². The summed E-state index contributed by atoms with van der Waals surface area (Å²) in [6.45, 7) is 4.11. The zero-order valence-corrected chi connectivity index (χ0v) is 14.5. The predicted octanol–water partition coefficient (Wildman–Crippen LogP) is 2.30. The minimum absolute atomic E-state index is 0.112. The molecule has 0 saturated heterocycles. The molecule has 1 aliphatic heterocycles. The van der Waals surface area contributed by atoms with Crippen molar-refractivity contribution in [2.75, 3.05) is 32.5 Å². The maximum absolute atomic E-state index is 13.3. The van der Waals surface area contributed by atoms with E-state index in [0.29, 0.717) is 32.0 Å². The van der Waals surface area contributed by atoms with Gasteiger partial charge in [-0.2, -0.15) is 0 Å². The lowest BCUT2D eigenvalue weighted by Gasteiger charge is -2.21. The molecule has 130 valence electrons. The number of hydrogen-bond donors (Lipinski definition) is 1. The van der Waals surface area contributed by atoms with E-state index in [9.17, 15) is 12.8 Å². The molecule has 7 heteroatoms. The quantitative estimate of drug-likeness (QED) is 0.771. The minimum Gasteiger partial charge on any atom is -0.493 e. The lowest BCUT2D eigenvalue weighted by atomic mass is 10.0. The van der Waals surface area contributed by atoms with Crippen molar-refractivity contribution in [3.05, 3.63) is 29.6 Å². The van der Waals surface area contributed by atoms with Crippen LogP contribution in [0.15, 0.2) is 18.2 Å². The van der Waals surface area contributed by atoms with Crippen molar-refractivity contribution in [3.63, 3.8) is 0 Å². The van der Waals surface area contributed by atoms with Gasteiger partial charge in [0.2, 0.25) is 10.0 Å². The number of halogens is 1. The number of nitrogens with one attached hydrogen (secondary N) is 1. The molecule has 0 amide bonds. The highest BCUT2D eigenvalue weighted by atomic mass is 32.2. The summed E-state index contributed by atoms with van der Waals surface area (Å²) < 4.78 is 43.5. The molecule has 0 saturated carbocycles. The molecule has 0 aromatic heterocycles. The highest BCUT2D eigenvalue weighted by Crippen LogP contribution is 2.31. The van der Waals surface area contributed by atoms with E-state index in [-0.39, 0.29) is 11.9 Å². The molecule has 1 heterocycles. The first kappa shape index (κ1) is 18.2. The highest BCUT2D eigenvalue weighted by Gasteiger charge is 2.20.